The molecule has 0 heterocycles. The highest BCUT2D eigenvalue weighted by Gasteiger charge is 2.90. The summed E-state index contributed by atoms with van der Waals surface area (Å²) in [5.74, 6) is 1.52. The fourth-order valence-corrected chi connectivity index (χ4v) is 5.71. The van der Waals surface area contributed by atoms with Crippen molar-refractivity contribution in [2.45, 2.75) is 32.6 Å². The maximum absolute atomic E-state index is 12.2. The largest absolute Gasteiger partial charge is 0.460 e. The van der Waals surface area contributed by atoms with E-state index in [-0.39, 0.29) is 11.2 Å². The SMILES string of the molecule is CCOC(=O)C(=O)C12CC3CC4CC(C1)C432. The number of ketones is 1. The molecule has 0 N–H and O–H groups in total. The normalized spacial score (nSPS) is 54.2. The summed E-state index contributed by atoms with van der Waals surface area (Å²) >= 11 is 0. The third-order valence-corrected chi connectivity index (χ3v) is 6.08. The second kappa shape index (κ2) is 2.36. The number of carbonyl (C=O) groups excluding carboxylic acids is 2. The van der Waals surface area contributed by atoms with Crippen LogP contribution in [0.5, 0.6) is 0 Å². The molecular weight excluding hydrogens is 204 g/mol. The molecule has 0 bridgehead atoms. The molecule has 3 nitrogen and oxygen atoms in total. The van der Waals surface area contributed by atoms with Crippen LogP contribution in [0.25, 0.3) is 0 Å². The molecular formula is C13H16O3. The number of carbonyl (C=O) groups is 2. The Bertz CT molecular complexity index is 386. The lowest BCUT2D eigenvalue weighted by Gasteiger charge is -2.90. The summed E-state index contributed by atoms with van der Waals surface area (Å²) in [7, 11) is 0. The zero-order valence-corrected chi connectivity index (χ0v) is 9.49. The van der Waals surface area contributed by atoms with Gasteiger partial charge in [0.05, 0.1) is 6.61 Å². The summed E-state index contributed by atoms with van der Waals surface area (Å²) in [6.45, 7) is 2.06. The van der Waals surface area contributed by atoms with Crippen molar-refractivity contribution in [3.63, 3.8) is 0 Å². The highest BCUT2D eigenvalue weighted by Crippen LogP contribution is 2.92. The molecule has 86 valence electrons. The lowest BCUT2D eigenvalue weighted by molar-refractivity contribution is -0.412. The first-order valence-electron chi connectivity index (χ1n) is 6.38. The molecule has 2 unspecified atom stereocenters. The van der Waals surface area contributed by atoms with Gasteiger partial charge in [-0.05, 0) is 55.8 Å². The summed E-state index contributed by atoms with van der Waals surface area (Å²) < 4.78 is 4.87. The molecule has 4 aliphatic carbocycles. The van der Waals surface area contributed by atoms with Gasteiger partial charge in [-0.15, -0.1) is 0 Å². The van der Waals surface area contributed by atoms with Crippen LogP contribution in [0.4, 0.5) is 0 Å². The monoisotopic (exact) mass is 220 g/mol. The summed E-state index contributed by atoms with van der Waals surface area (Å²) in [6.07, 6.45) is 4.57. The average Bonchev–Trinajstić information content (AvgIpc) is 2.13. The fraction of sp³-hybridized carbons (Fsp3) is 0.846. The number of rotatable bonds is 3. The van der Waals surface area contributed by atoms with Crippen molar-refractivity contribution in [1.82, 2.24) is 0 Å². The van der Waals surface area contributed by atoms with E-state index in [4.69, 9.17) is 4.74 Å². The van der Waals surface area contributed by atoms with Crippen molar-refractivity contribution in [2.75, 3.05) is 6.61 Å². The van der Waals surface area contributed by atoms with E-state index >= 15 is 0 Å². The fourth-order valence-electron chi connectivity index (χ4n) is 5.71. The van der Waals surface area contributed by atoms with Gasteiger partial charge in [0.2, 0.25) is 5.78 Å². The van der Waals surface area contributed by atoms with Crippen LogP contribution in [0.1, 0.15) is 32.6 Å². The maximum Gasteiger partial charge on any atom is 0.375 e. The molecule has 0 aliphatic heterocycles. The standard InChI is InChI=1S/C13H16O3/c1-2-16-11(15)10(14)12-5-8-3-7-4-9(6-12)13(7,8)12/h7-9H,2-6H2,1H3. The molecule has 0 amide bonds. The number of Topliss-reactive ketones (excluding diaryl/α,β-unsaturated/α-hetero) is 1. The Labute approximate surface area is 94.5 Å². The average molecular weight is 220 g/mol. The van der Waals surface area contributed by atoms with E-state index < -0.39 is 5.97 Å². The predicted octanol–water partition coefficient (Wildman–Crippen LogP) is 1.55. The Balaban J connectivity index is 1.61. The van der Waals surface area contributed by atoms with Crippen molar-refractivity contribution >= 4 is 11.8 Å². The Morgan fingerprint density at radius 1 is 1.19 bits per heavy atom. The van der Waals surface area contributed by atoms with Crippen molar-refractivity contribution in [3.05, 3.63) is 0 Å². The van der Waals surface area contributed by atoms with Gasteiger partial charge >= 0.3 is 5.97 Å². The number of hydrogen-bond acceptors (Lipinski definition) is 3. The van der Waals surface area contributed by atoms with Crippen LogP contribution in [-0.2, 0) is 14.3 Å². The highest BCUT2D eigenvalue weighted by molar-refractivity contribution is 6.36. The van der Waals surface area contributed by atoms with Gasteiger partial charge in [0.15, 0.2) is 0 Å². The van der Waals surface area contributed by atoms with E-state index in [1.807, 2.05) is 0 Å². The maximum atomic E-state index is 12.2. The van der Waals surface area contributed by atoms with Crippen LogP contribution in [0, 0.1) is 28.6 Å². The van der Waals surface area contributed by atoms with Crippen LogP contribution in [0.2, 0.25) is 0 Å². The second-order valence-corrected chi connectivity index (χ2v) is 6.04. The Morgan fingerprint density at radius 3 is 2.25 bits per heavy atom. The van der Waals surface area contributed by atoms with Crippen LogP contribution in [-0.4, -0.2) is 18.4 Å². The lowest BCUT2D eigenvalue weighted by Crippen LogP contribution is -2.87. The molecule has 4 fully saturated rings. The van der Waals surface area contributed by atoms with Crippen molar-refractivity contribution < 1.29 is 14.3 Å². The summed E-state index contributed by atoms with van der Waals surface area (Å²) in [5, 5.41) is 0. The predicted molar refractivity (Wildman–Crippen MR) is 55.4 cm³/mol. The first kappa shape index (κ1) is 9.20. The molecule has 1 spiro atoms. The second-order valence-electron chi connectivity index (χ2n) is 6.04. The summed E-state index contributed by atoms with van der Waals surface area (Å²) in [6, 6.07) is 0. The molecule has 16 heavy (non-hydrogen) atoms. The molecule has 3 heteroatoms. The van der Waals surface area contributed by atoms with Gasteiger partial charge in [-0.25, -0.2) is 4.79 Å². The molecule has 4 rings (SSSR count). The van der Waals surface area contributed by atoms with E-state index in [9.17, 15) is 9.59 Å². The van der Waals surface area contributed by atoms with Gasteiger partial charge in [-0.1, -0.05) is 0 Å². The smallest absolute Gasteiger partial charge is 0.375 e. The van der Waals surface area contributed by atoms with Crippen molar-refractivity contribution in [2.24, 2.45) is 28.6 Å². The van der Waals surface area contributed by atoms with Gasteiger partial charge < -0.3 is 4.74 Å². The summed E-state index contributed by atoms with van der Waals surface area (Å²) in [5.41, 5.74) is 0.0482. The van der Waals surface area contributed by atoms with Gasteiger partial charge in [0.1, 0.15) is 0 Å². The van der Waals surface area contributed by atoms with Gasteiger partial charge in [-0.2, -0.15) is 0 Å². The van der Waals surface area contributed by atoms with Crippen molar-refractivity contribution in [3.8, 4) is 0 Å². The van der Waals surface area contributed by atoms with Crippen LogP contribution >= 0.6 is 0 Å². The topological polar surface area (TPSA) is 43.4 Å². The molecule has 4 aliphatic rings. The minimum absolute atomic E-state index is 0.203. The minimum atomic E-state index is -0.577. The zero-order chi connectivity index (χ0) is 11.1. The summed E-state index contributed by atoms with van der Waals surface area (Å²) in [4.78, 5) is 23.8. The molecule has 0 radical (unpaired) electrons. The molecule has 2 atom stereocenters. The first-order chi connectivity index (χ1) is 7.66. The van der Waals surface area contributed by atoms with Crippen LogP contribution < -0.4 is 0 Å². The number of ether oxygens (including phenoxy) is 1. The molecule has 0 aromatic carbocycles. The van der Waals surface area contributed by atoms with E-state index in [0.29, 0.717) is 12.0 Å². The highest BCUT2D eigenvalue weighted by atomic mass is 16.5. The quantitative estimate of drug-likeness (QED) is 0.535. The minimum Gasteiger partial charge on any atom is -0.460 e. The van der Waals surface area contributed by atoms with E-state index in [1.54, 1.807) is 6.92 Å². The molecule has 4 saturated carbocycles. The van der Waals surface area contributed by atoms with Crippen LogP contribution in [0.3, 0.4) is 0 Å². The Hall–Kier alpha value is -0.860. The molecule has 0 aromatic rings. The van der Waals surface area contributed by atoms with E-state index in [0.717, 1.165) is 30.6 Å². The first-order valence-corrected chi connectivity index (χ1v) is 6.38. The lowest BCUT2D eigenvalue weighted by atomic mass is 9.13. The van der Waals surface area contributed by atoms with Gasteiger partial charge in [0.25, 0.3) is 0 Å². The van der Waals surface area contributed by atoms with Crippen LogP contribution in [0.15, 0.2) is 0 Å². The number of esters is 1. The molecule has 0 aromatic heterocycles. The van der Waals surface area contributed by atoms with E-state index in [1.165, 1.54) is 12.8 Å². The third-order valence-electron chi connectivity index (χ3n) is 6.08. The van der Waals surface area contributed by atoms with Crippen molar-refractivity contribution in [1.29, 1.82) is 0 Å². The zero-order valence-electron chi connectivity index (χ0n) is 9.49. The van der Waals surface area contributed by atoms with Gasteiger partial charge in [-0.3, -0.25) is 4.79 Å². The third kappa shape index (κ3) is 0.593. The molecule has 0 saturated heterocycles. The Kier molecular flexibility index (Phi) is 1.36. The Morgan fingerprint density at radius 2 is 1.81 bits per heavy atom. The van der Waals surface area contributed by atoms with E-state index in [2.05, 4.69) is 0 Å². The van der Waals surface area contributed by atoms with Gasteiger partial charge in [0, 0.05) is 5.41 Å². The number of hydrogen-bond donors (Lipinski definition) is 0.